The Kier molecular flexibility index (Phi) is 3.59. The smallest absolute Gasteiger partial charge is 0.340 e. The van der Waals surface area contributed by atoms with Gasteiger partial charge in [-0.15, -0.1) is 0 Å². The number of carboxylic acids is 1. The number of nitrogens with two attached hydrogens (primary N) is 1. The normalized spacial score (nSPS) is 20.8. The molecule has 0 aromatic heterocycles. The van der Waals surface area contributed by atoms with Gasteiger partial charge < -0.3 is 15.7 Å². The van der Waals surface area contributed by atoms with Crippen molar-refractivity contribution in [2.24, 2.45) is 0 Å². The molecule has 1 aliphatic rings. The molecule has 1 aliphatic heterocycles. The van der Waals surface area contributed by atoms with Crippen molar-refractivity contribution in [1.29, 1.82) is 0 Å². The van der Waals surface area contributed by atoms with Crippen LogP contribution in [0, 0.1) is 5.82 Å². The molecule has 0 spiro atoms. The highest BCUT2D eigenvalue weighted by Gasteiger charge is 2.32. The third-order valence-corrected chi connectivity index (χ3v) is 5.27. The Morgan fingerprint density at radius 2 is 2.15 bits per heavy atom. The molecule has 8 heteroatoms. The van der Waals surface area contributed by atoms with Gasteiger partial charge in [-0.05, 0) is 18.6 Å². The molecule has 0 radical (unpaired) electrons. The van der Waals surface area contributed by atoms with Gasteiger partial charge in [0.2, 0.25) is 0 Å². The first-order chi connectivity index (χ1) is 9.23. The lowest BCUT2D eigenvalue weighted by Gasteiger charge is -2.27. The SMILES string of the molecule is CN(c1ccc(F)c(N)c1C(=O)O)C1CCS(=O)(=O)C1. The molecule has 0 aliphatic carbocycles. The molecule has 3 N–H and O–H groups in total. The zero-order chi connectivity index (χ0) is 15.1. The number of carboxylic acid groups (broad SMARTS) is 1. The van der Waals surface area contributed by atoms with E-state index in [4.69, 9.17) is 5.73 Å². The number of sulfone groups is 1. The lowest BCUT2D eigenvalue weighted by molar-refractivity contribution is 0.0698. The number of carbonyl (C=O) groups is 1. The van der Waals surface area contributed by atoms with E-state index in [0.717, 1.165) is 6.07 Å². The minimum absolute atomic E-state index is 0.0418. The van der Waals surface area contributed by atoms with Gasteiger partial charge in [-0.25, -0.2) is 17.6 Å². The third kappa shape index (κ3) is 2.55. The van der Waals surface area contributed by atoms with E-state index in [2.05, 4.69) is 0 Å². The summed E-state index contributed by atoms with van der Waals surface area (Å²) in [6, 6.07) is 2.06. The van der Waals surface area contributed by atoms with Crippen molar-refractivity contribution in [3.8, 4) is 0 Å². The molecule has 0 saturated carbocycles. The fourth-order valence-electron chi connectivity index (χ4n) is 2.38. The lowest BCUT2D eigenvalue weighted by atomic mass is 10.1. The van der Waals surface area contributed by atoms with Gasteiger partial charge in [-0.3, -0.25) is 0 Å². The summed E-state index contributed by atoms with van der Waals surface area (Å²) in [5, 5.41) is 9.17. The van der Waals surface area contributed by atoms with Crippen LogP contribution in [-0.2, 0) is 9.84 Å². The van der Waals surface area contributed by atoms with Crippen molar-refractivity contribution in [3.05, 3.63) is 23.5 Å². The average molecular weight is 302 g/mol. The summed E-state index contributed by atoms with van der Waals surface area (Å²) in [4.78, 5) is 12.8. The summed E-state index contributed by atoms with van der Waals surface area (Å²) in [7, 11) is -1.51. The van der Waals surface area contributed by atoms with Crippen molar-refractivity contribution in [2.75, 3.05) is 29.2 Å². The number of halogens is 1. The molecular weight excluding hydrogens is 287 g/mol. The first kappa shape index (κ1) is 14.6. The number of hydrogen-bond acceptors (Lipinski definition) is 5. The number of aromatic carboxylic acids is 1. The molecule has 1 aromatic rings. The van der Waals surface area contributed by atoms with Crippen LogP contribution in [0.1, 0.15) is 16.8 Å². The average Bonchev–Trinajstić information content (AvgIpc) is 2.71. The first-order valence-corrected chi connectivity index (χ1v) is 7.79. The Bertz CT molecular complexity index is 660. The molecule has 0 amide bonds. The van der Waals surface area contributed by atoms with Gasteiger partial charge >= 0.3 is 5.97 Å². The highest BCUT2D eigenvalue weighted by Crippen LogP contribution is 2.31. The topological polar surface area (TPSA) is 101 Å². The van der Waals surface area contributed by atoms with Gasteiger partial charge in [0, 0.05) is 13.1 Å². The summed E-state index contributed by atoms with van der Waals surface area (Å²) in [6.07, 6.45) is 0.412. The van der Waals surface area contributed by atoms with Crippen molar-refractivity contribution in [1.82, 2.24) is 0 Å². The quantitative estimate of drug-likeness (QED) is 0.798. The Labute approximate surface area is 115 Å². The van der Waals surface area contributed by atoms with E-state index < -0.39 is 27.3 Å². The molecule has 2 rings (SSSR count). The Morgan fingerprint density at radius 3 is 2.65 bits per heavy atom. The standard InChI is InChI=1S/C12H15FN2O4S/c1-15(7-4-5-20(18,19)6-7)9-3-2-8(13)11(14)10(9)12(16)17/h2-3,7H,4-6,14H2,1H3,(H,16,17). The molecule has 1 fully saturated rings. The number of anilines is 2. The largest absolute Gasteiger partial charge is 0.478 e. The second-order valence-corrected chi connectivity index (χ2v) is 7.06. The van der Waals surface area contributed by atoms with E-state index >= 15 is 0 Å². The van der Waals surface area contributed by atoms with Crippen LogP contribution >= 0.6 is 0 Å². The predicted octanol–water partition coefficient (Wildman–Crippen LogP) is 0.729. The molecule has 1 unspecified atom stereocenters. The van der Waals surface area contributed by atoms with Crippen LogP contribution < -0.4 is 10.6 Å². The van der Waals surface area contributed by atoms with Crippen LogP contribution in [0.3, 0.4) is 0 Å². The number of rotatable bonds is 3. The highest BCUT2D eigenvalue weighted by molar-refractivity contribution is 7.91. The molecule has 1 heterocycles. The molecule has 0 bridgehead atoms. The number of hydrogen-bond donors (Lipinski definition) is 2. The second kappa shape index (κ2) is 4.93. The predicted molar refractivity (Wildman–Crippen MR) is 73.2 cm³/mol. The van der Waals surface area contributed by atoms with Crippen molar-refractivity contribution in [2.45, 2.75) is 12.5 Å². The Balaban J connectivity index is 2.43. The van der Waals surface area contributed by atoms with E-state index in [0.29, 0.717) is 6.42 Å². The molecule has 1 saturated heterocycles. The van der Waals surface area contributed by atoms with Gasteiger partial charge in [0.05, 0.1) is 22.9 Å². The van der Waals surface area contributed by atoms with E-state index in [1.54, 1.807) is 11.9 Å². The van der Waals surface area contributed by atoms with Crippen LogP contribution in [0.15, 0.2) is 12.1 Å². The van der Waals surface area contributed by atoms with Gasteiger partial charge in [0.25, 0.3) is 0 Å². The maximum absolute atomic E-state index is 13.4. The zero-order valence-electron chi connectivity index (χ0n) is 10.8. The molecule has 1 atom stereocenters. The van der Waals surface area contributed by atoms with E-state index in [9.17, 15) is 22.7 Å². The van der Waals surface area contributed by atoms with Crippen LogP contribution in [0.25, 0.3) is 0 Å². The fourth-order valence-corrected chi connectivity index (χ4v) is 4.15. The molecule has 6 nitrogen and oxygen atoms in total. The van der Waals surface area contributed by atoms with E-state index in [-0.39, 0.29) is 28.8 Å². The van der Waals surface area contributed by atoms with Gasteiger partial charge in [-0.1, -0.05) is 0 Å². The Hall–Kier alpha value is -1.83. The summed E-state index contributed by atoms with van der Waals surface area (Å²) in [5.41, 5.74) is 4.92. The number of nitrogens with zero attached hydrogens (tertiary/aromatic N) is 1. The molecular formula is C12H15FN2O4S. The van der Waals surface area contributed by atoms with Crippen LogP contribution in [0.2, 0.25) is 0 Å². The third-order valence-electron chi connectivity index (χ3n) is 3.52. The van der Waals surface area contributed by atoms with E-state index in [1.165, 1.54) is 6.07 Å². The monoisotopic (exact) mass is 302 g/mol. The molecule has 1 aromatic carbocycles. The van der Waals surface area contributed by atoms with Crippen LogP contribution in [0.5, 0.6) is 0 Å². The van der Waals surface area contributed by atoms with E-state index in [1.807, 2.05) is 0 Å². The lowest BCUT2D eigenvalue weighted by Crippen LogP contribution is -2.34. The van der Waals surface area contributed by atoms with Crippen molar-refractivity contribution in [3.63, 3.8) is 0 Å². The maximum Gasteiger partial charge on any atom is 0.340 e. The van der Waals surface area contributed by atoms with Crippen LogP contribution in [-0.4, -0.2) is 44.1 Å². The fraction of sp³-hybridized carbons (Fsp3) is 0.417. The summed E-state index contributed by atoms with van der Waals surface area (Å²) < 4.78 is 36.4. The minimum atomic E-state index is -3.09. The molecule has 110 valence electrons. The van der Waals surface area contributed by atoms with Crippen molar-refractivity contribution < 1.29 is 22.7 Å². The second-order valence-electron chi connectivity index (χ2n) is 4.83. The zero-order valence-corrected chi connectivity index (χ0v) is 11.7. The number of nitrogen functional groups attached to an aromatic ring is 1. The summed E-state index contributed by atoms with van der Waals surface area (Å²) >= 11 is 0. The minimum Gasteiger partial charge on any atom is -0.478 e. The highest BCUT2D eigenvalue weighted by atomic mass is 32.2. The maximum atomic E-state index is 13.4. The van der Waals surface area contributed by atoms with Gasteiger partial charge in [0.15, 0.2) is 9.84 Å². The number of benzene rings is 1. The Morgan fingerprint density at radius 1 is 1.50 bits per heavy atom. The summed E-state index contributed by atoms with van der Waals surface area (Å²) in [5.74, 6) is -2.12. The first-order valence-electron chi connectivity index (χ1n) is 5.97. The van der Waals surface area contributed by atoms with Gasteiger partial charge in [0.1, 0.15) is 11.4 Å². The van der Waals surface area contributed by atoms with Crippen LogP contribution in [0.4, 0.5) is 15.8 Å². The van der Waals surface area contributed by atoms with Crippen molar-refractivity contribution >= 4 is 27.2 Å². The van der Waals surface area contributed by atoms with Gasteiger partial charge in [-0.2, -0.15) is 0 Å². The molecule has 20 heavy (non-hydrogen) atoms. The summed E-state index contributed by atoms with van der Waals surface area (Å²) in [6.45, 7) is 0.